The molecule has 0 fully saturated rings. The van der Waals surface area contributed by atoms with Gasteiger partial charge in [-0.2, -0.15) is 0 Å². The van der Waals surface area contributed by atoms with E-state index in [9.17, 15) is 4.79 Å². The lowest BCUT2D eigenvalue weighted by Gasteiger charge is -2.10. The van der Waals surface area contributed by atoms with Crippen LogP contribution in [0.1, 0.15) is 17.5 Å². The van der Waals surface area contributed by atoms with Crippen molar-refractivity contribution in [2.45, 2.75) is 19.8 Å². The molecule has 0 unspecified atom stereocenters. The second kappa shape index (κ2) is 7.50. The minimum Gasteiger partial charge on any atom is -0.497 e. The number of anilines is 1. The third-order valence-corrected chi connectivity index (χ3v) is 3.40. The maximum atomic E-state index is 12.1. The molecule has 1 amide bonds. The van der Waals surface area contributed by atoms with Crippen LogP contribution in [0.3, 0.4) is 0 Å². The van der Waals surface area contributed by atoms with Gasteiger partial charge in [0.15, 0.2) is 0 Å². The van der Waals surface area contributed by atoms with E-state index in [0.29, 0.717) is 30.0 Å². The summed E-state index contributed by atoms with van der Waals surface area (Å²) < 4.78 is 10.4. The Labute approximate surface area is 131 Å². The first-order chi connectivity index (χ1) is 10.6. The Morgan fingerprint density at radius 1 is 1.00 bits per heavy atom. The van der Waals surface area contributed by atoms with E-state index in [4.69, 9.17) is 9.47 Å². The minimum atomic E-state index is -0.0316. The van der Waals surface area contributed by atoms with E-state index in [1.807, 2.05) is 6.92 Å². The van der Waals surface area contributed by atoms with Gasteiger partial charge in [0.25, 0.3) is 0 Å². The molecule has 116 valence electrons. The highest BCUT2D eigenvalue weighted by atomic mass is 16.5. The van der Waals surface area contributed by atoms with Crippen molar-refractivity contribution in [1.29, 1.82) is 0 Å². The summed E-state index contributed by atoms with van der Waals surface area (Å²) in [6.07, 6.45) is 1.15. The SMILES string of the molecule is COc1cc(NC(=O)CCc2ccc(C)cc2)cc(OC)c1. The Balaban J connectivity index is 1.95. The molecule has 0 spiro atoms. The largest absolute Gasteiger partial charge is 0.497 e. The van der Waals surface area contributed by atoms with Crippen LogP contribution in [0.25, 0.3) is 0 Å². The first kappa shape index (κ1) is 15.9. The number of rotatable bonds is 6. The van der Waals surface area contributed by atoms with Gasteiger partial charge in [-0.1, -0.05) is 29.8 Å². The predicted octanol–water partition coefficient (Wildman–Crippen LogP) is 3.58. The standard InChI is InChI=1S/C18H21NO3/c1-13-4-6-14(7-5-13)8-9-18(20)19-15-10-16(21-2)12-17(11-15)22-3/h4-7,10-12H,8-9H2,1-3H3,(H,19,20). The molecule has 0 atom stereocenters. The maximum Gasteiger partial charge on any atom is 0.224 e. The van der Waals surface area contributed by atoms with Crippen molar-refractivity contribution in [3.05, 3.63) is 53.6 Å². The van der Waals surface area contributed by atoms with Gasteiger partial charge in [0.2, 0.25) is 5.91 Å². The van der Waals surface area contributed by atoms with Gasteiger partial charge in [-0.3, -0.25) is 4.79 Å². The minimum absolute atomic E-state index is 0.0316. The molecule has 0 bridgehead atoms. The number of nitrogens with one attached hydrogen (secondary N) is 1. The molecule has 0 aliphatic heterocycles. The zero-order chi connectivity index (χ0) is 15.9. The second-order valence-corrected chi connectivity index (χ2v) is 5.14. The fourth-order valence-electron chi connectivity index (χ4n) is 2.12. The molecule has 0 aliphatic carbocycles. The fraction of sp³-hybridized carbons (Fsp3) is 0.278. The Hall–Kier alpha value is -2.49. The molecule has 2 rings (SSSR count). The number of carbonyl (C=O) groups is 1. The number of benzene rings is 2. The number of carbonyl (C=O) groups excluding carboxylic acids is 1. The van der Waals surface area contributed by atoms with Crippen LogP contribution >= 0.6 is 0 Å². The van der Waals surface area contributed by atoms with Gasteiger partial charge in [-0.15, -0.1) is 0 Å². The van der Waals surface area contributed by atoms with Crippen molar-refractivity contribution < 1.29 is 14.3 Å². The lowest BCUT2D eigenvalue weighted by Crippen LogP contribution is -2.12. The van der Waals surface area contributed by atoms with Gasteiger partial charge >= 0.3 is 0 Å². The van der Waals surface area contributed by atoms with Crippen LogP contribution in [0.2, 0.25) is 0 Å². The average Bonchev–Trinajstić information content (AvgIpc) is 2.54. The van der Waals surface area contributed by atoms with E-state index in [1.165, 1.54) is 5.56 Å². The molecule has 0 aromatic heterocycles. The van der Waals surface area contributed by atoms with Crippen LogP contribution in [-0.4, -0.2) is 20.1 Å². The zero-order valence-corrected chi connectivity index (χ0v) is 13.2. The third kappa shape index (κ3) is 4.52. The number of methoxy groups -OCH3 is 2. The molecule has 4 nitrogen and oxygen atoms in total. The molecule has 0 saturated carbocycles. The van der Waals surface area contributed by atoms with Gasteiger partial charge in [-0.25, -0.2) is 0 Å². The predicted molar refractivity (Wildman–Crippen MR) is 87.7 cm³/mol. The highest BCUT2D eigenvalue weighted by Gasteiger charge is 2.06. The van der Waals surface area contributed by atoms with Gasteiger partial charge < -0.3 is 14.8 Å². The van der Waals surface area contributed by atoms with Crippen molar-refractivity contribution in [1.82, 2.24) is 0 Å². The summed E-state index contributed by atoms with van der Waals surface area (Å²) in [6.45, 7) is 2.05. The lowest BCUT2D eigenvalue weighted by molar-refractivity contribution is -0.116. The van der Waals surface area contributed by atoms with E-state index in [1.54, 1.807) is 32.4 Å². The summed E-state index contributed by atoms with van der Waals surface area (Å²) in [6, 6.07) is 13.5. The summed E-state index contributed by atoms with van der Waals surface area (Å²) in [4.78, 5) is 12.1. The molecule has 0 saturated heterocycles. The highest BCUT2D eigenvalue weighted by Crippen LogP contribution is 2.25. The zero-order valence-electron chi connectivity index (χ0n) is 13.2. The Bertz CT molecular complexity index is 613. The molecular weight excluding hydrogens is 278 g/mol. The van der Waals surface area contributed by atoms with Crippen molar-refractivity contribution >= 4 is 11.6 Å². The van der Waals surface area contributed by atoms with Crippen LogP contribution in [0.15, 0.2) is 42.5 Å². The highest BCUT2D eigenvalue weighted by molar-refractivity contribution is 5.91. The molecule has 1 N–H and O–H groups in total. The number of hydrogen-bond donors (Lipinski definition) is 1. The van der Waals surface area contributed by atoms with Crippen molar-refractivity contribution in [3.8, 4) is 11.5 Å². The monoisotopic (exact) mass is 299 g/mol. The van der Waals surface area contributed by atoms with Crippen LogP contribution in [-0.2, 0) is 11.2 Å². The Kier molecular flexibility index (Phi) is 5.42. The number of ether oxygens (including phenoxy) is 2. The van der Waals surface area contributed by atoms with Crippen LogP contribution < -0.4 is 14.8 Å². The number of aryl methyl sites for hydroxylation is 2. The Morgan fingerprint density at radius 3 is 2.14 bits per heavy atom. The molecule has 2 aromatic rings. The summed E-state index contributed by atoms with van der Waals surface area (Å²) in [5.41, 5.74) is 3.05. The van der Waals surface area contributed by atoms with Crippen molar-refractivity contribution in [2.75, 3.05) is 19.5 Å². The van der Waals surface area contributed by atoms with E-state index < -0.39 is 0 Å². The second-order valence-electron chi connectivity index (χ2n) is 5.14. The number of hydrogen-bond acceptors (Lipinski definition) is 3. The number of amides is 1. The first-order valence-electron chi connectivity index (χ1n) is 7.19. The van der Waals surface area contributed by atoms with Gasteiger partial charge in [0.1, 0.15) is 11.5 Å². The average molecular weight is 299 g/mol. The quantitative estimate of drug-likeness (QED) is 0.887. The molecule has 0 heterocycles. The fourth-order valence-corrected chi connectivity index (χ4v) is 2.12. The molecule has 0 aliphatic rings. The van der Waals surface area contributed by atoms with E-state index in [0.717, 1.165) is 5.56 Å². The maximum absolute atomic E-state index is 12.1. The summed E-state index contributed by atoms with van der Waals surface area (Å²) in [5.74, 6) is 1.26. The van der Waals surface area contributed by atoms with Crippen molar-refractivity contribution in [3.63, 3.8) is 0 Å². The Morgan fingerprint density at radius 2 is 1.59 bits per heavy atom. The summed E-state index contributed by atoms with van der Waals surface area (Å²) in [5, 5.41) is 2.87. The van der Waals surface area contributed by atoms with Gasteiger partial charge in [0.05, 0.1) is 14.2 Å². The smallest absolute Gasteiger partial charge is 0.224 e. The topological polar surface area (TPSA) is 47.6 Å². The van der Waals surface area contributed by atoms with Crippen LogP contribution in [0.5, 0.6) is 11.5 Å². The van der Waals surface area contributed by atoms with E-state index >= 15 is 0 Å². The molecule has 4 heteroatoms. The molecule has 2 aromatic carbocycles. The molecule has 0 radical (unpaired) electrons. The van der Waals surface area contributed by atoms with E-state index in [-0.39, 0.29) is 5.91 Å². The lowest BCUT2D eigenvalue weighted by atomic mass is 10.1. The molecular formula is C18H21NO3. The van der Waals surface area contributed by atoms with Crippen LogP contribution in [0, 0.1) is 6.92 Å². The van der Waals surface area contributed by atoms with Gasteiger partial charge in [-0.05, 0) is 18.9 Å². The summed E-state index contributed by atoms with van der Waals surface area (Å²) >= 11 is 0. The summed E-state index contributed by atoms with van der Waals surface area (Å²) in [7, 11) is 3.16. The van der Waals surface area contributed by atoms with Gasteiger partial charge in [0, 0.05) is 30.3 Å². The molecule has 22 heavy (non-hydrogen) atoms. The normalized spacial score (nSPS) is 10.1. The first-order valence-corrected chi connectivity index (χ1v) is 7.19. The van der Waals surface area contributed by atoms with Crippen molar-refractivity contribution in [2.24, 2.45) is 0 Å². The van der Waals surface area contributed by atoms with Crippen LogP contribution in [0.4, 0.5) is 5.69 Å². The third-order valence-electron chi connectivity index (χ3n) is 3.40. The van der Waals surface area contributed by atoms with E-state index in [2.05, 4.69) is 29.6 Å².